The summed E-state index contributed by atoms with van der Waals surface area (Å²) in [5.41, 5.74) is 0.996. The van der Waals surface area contributed by atoms with E-state index >= 15 is 0 Å². The first-order chi connectivity index (χ1) is 7.15. The lowest BCUT2D eigenvalue weighted by Crippen LogP contribution is -2.53. The largest absolute Gasteiger partial charge is 0.389 e. The summed E-state index contributed by atoms with van der Waals surface area (Å²) in [4.78, 5) is 13.3. The van der Waals surface area contributed by atoms with Crippen molar-refractivity contribution in [1.29, 1.82) is 0 Å². The molecule has 0 spiro atoms. The number of β-amino-alcohol motifs (C(OH)–C–C–N with tert-alkyl or cyclic N) is 1. The second-order valence-corrected chi connectivity index (χ2v) is 4.67. The highest BCUT2D eigenvalue weighted by Crippen LogP contribution is 2.14. The van der Waals surface area contributed by atoms with Crippen LogP contribution in [0.25, 0.3) is 0 Å². The molecular formula is C11H12BrNO2. The molecule has 0 saturated carbocycles. The van der Waals surface area contributed by atoms with Crippen molar-refractivity contribution >= 4 is 21.8 Å². The van der Waals surface area contributed by atoms with Gasteiger partial charge in [-0.05, 0) is 17.7 Å². The summed E-state index contributed by atoms with van der Waals surface area (Å²) in [6, 6.07) is 7.71. The molecule has 0 atom stereocenters. The van der Waals surface area contributed by atoms with Crippen LogP contribution in [0.4, 0.5) is 0 Å². The molecule has 1 aliphatic rings. The van der Waals surface area contributed by atoms with Crippen LogP contribution in [0.2, 0.25) is 0 Å². The minimum atomic E-state index is -0.323. The zero-order valence-electron chi connectivity index (χ0n) is 8.19. The fourth-order valence-corrected chi connectivity index (χ4v) is 2.04. The van der Waals surface area contributed by atoms with Crippen molar-refractivity contribution in [2.24, 2.45) is 0 Å². The van der Waals surface area contributed by atoms with E-state index in [0.717, 1.165) is 10.0 Å². The summed E-state index contributed by atoms with van der Waals surface area (Å²) < 4.78 is 0.983. The second-order valence-electron chi connectivity index (χ2n) is 3.76. The van der Waals surface area contributed by atoms with Crippen LogP contribution in [-0.4, -0.2) is 35.1 Å². The van der Waals surface area contributed by atoms with E-state index < -0.39 is 0 Å². The lowest BCUT2D eigenvalue weighted by Gasteiger charge is -2.35. The highest BCUT2D eigenvalue weighted by molar-refractivity contribution is 9.10. The van der Waals surface area contributed by atoms with Crippen molar-refractivity contribution in [2.75, 3.05) is 13.1 Å². The zero-order chi connectivity index (χ0) is 10.8. The van der Waals surface area contributed by atoms with Crippen molar-refractivity contribution in [3.63, 3.8) is 0 Å². The monoisotopic (exact) mass is 269 g/mol. The Kier molecular flexibility index (Phi) is 3.07. The molecule has 1 heterocycles. The third-order valence-corrected chi connectivity index (χ3v) is 2.95. The standard InChI is InChI=1S/C11H12BrNO2/c12-9-3-1-2-8(4-9)5-11(15)13-6-10(14)7-13/h1-4,10,14H,5-7H2. The molecule has 2 rings (SSSR count). The number of hydrogen-bond donors (Lipinski definition) is 1. The number of carbonyl (C=O) groups is 1. The Morgan fingerprint density at radius 2 is 2.27 bits per heavy atom. The smallest absolute Gasteiger partial charge is 0.227 e. The first-order valence-corrected chi connectivity index (χ1v) is 5.65. The van der Waals surface area contributed by atoms with E-state index in [1.54, 1.807) is 4.90 Å². The average Bonchev–Trinajstić information content (AvgIpc) is 2.13. The van der Waals surface area contributed by atoms with Gasteiger partial charge in [0.25, 0.3) is 0 Å². The molecule has 4 heteroatoms. The maximum absolute atomic E-state index is 11.7. The van der Waals surface area contributed by atoms with E-state index in [4.69, 9.17) is 5.11 Å². The number of amides is 1. The first-order valence-electron chi connectivity index (χ1n) is 4.85. The molecule has 1 aliphatic heterocycles. The van der Waals surface area contributed by atoms with Gasteiger partial charge < -0.3 is 10.0 Å². The van der Waals surface area contributed by atoms with E-state index in [1.165, 1.54) is 0 Å². The van der Waals surface area contributed by atoms with Gasteiger partial charge in [0.2, 0.25) is 5.91 Å². The number of carbonyl (C=O) groups excluding carboxylic acids is 1. The van der Waals surface area contributed by atoms with Crippen LogP contribution < -0.4 is 0 Å². The number of halogens is 1. The van der Waals surface area contributed by atoms with Crippen LogP contribution in [0, 0.1) is 0 Å². The first kappa shape index (κ1) is 10.6. The summed E-state index contributed by atoms with van der Waals surface area (Å²) in [7, 11) is 0. The summed E-state index contributed by atoms with van der Waals surface area (Å²) in [5.74, 6) is 0.0819. The fraction of sp³-hybridized carbons (Fsp3) is 0.364. The molecule has 1 N–H and O–H groups in total. The van der Waals surface area contributed by atoms with Gasteiger partial charge in [0.1, 0.15) is 0 Å². The van der Waals surface area contributed by atoms with Gasteiger partial charge in [0, 0.05) is 17.6 Å². The number of nitrogens with zero attached hydrogens (tertiary/aromatic N) is 1. The molecule has 0 unspecified atom stereocenters. The van der Waals surface area contributed by atoms with Crippen molar-refractivity contribution in [3.05, 3.63) is 34.3 Å². The molecule has 1 saturated heterocycles. The SMILES string of the molecule is O=C(Cc1cccc(Br)c1)N1CC(O)C1. The Balaban J connectivity index is 1.94. The summed E-state index contributed by atoms with van der Waals surface area (Å²) >= 11 is 3.36. The lowest BCUT2D eigenvalue weighted by atomic mass is 10.1. The predicted octanol–water partition coefficient (Wildman–Crippen LogP) is 1.19. The highest BCUT2D eigenvalue weighted by atomic mass is 79.9. The van der Waals surface area contributed by atoms with Gasteiger partial charge in [-0.15, -0.1) is 0 Å². The quantitative estimate of drug-likeness (QED) is 0.877. The van der Waals surface area contributed by atoms with Gasteiger partial charge in [0.15, 0.2) is 0 Å². The Morgan fingerprint density at radius 3 is 2.87 bits per heavy atom. The number of rotatable bonds is 2. The number of benzene rings is 1. The molecule has 0 radical (unpaired) electrons. The molecular weight excluding hydrogens is 258 g/mol. The number of aliphatic hydroxyl groups is 1. The van der Waals surface area contributed by atoms with Crippen molar-refractivity contribution in [1.82, 2.24) is 4.90 Å². The van der Waals surface area contributed by atoms with E-state index in [-0.39, 0.29) is 12.0 Å². The topological polar surface area (TPSA) is 40.5 Å². The van der Waals surface area contributed by atoms with Crippen LogP contribution in [-0.2, 0) is 11.2 Å². The molecule has 0 aromatic heterocycles. The zero-order valence-corrected chi connectivity index (χ0v) is 9.77. The molecule has 0 aliphatic carbocycles. The summed E-state index contributed by atoms with van der Waals surface area (Å²) in [5, 5.41) is 9.08. The molecule has 80 valence electrons. The second kappa shape index (κ2) is 4.33. The van der Waals surface area contributed by atoms with Gasteiger partial charge in [-0.1, -0.05) is 28.1 Å². The minimum absolute atomic E-state index is 0.0819. The molecule has 1 aromatic carbocycles. The number of hydrogen-bond acceptors (Lipinski definition) is 2. The number of aliphatic hydroxyl groups excluding tert-OH is 1. The van der Waals surface area contributed by atoms with Gasteiger partial charge in [-0.2, -0.15) is 0 Å². The Labute approximate surface area is 96.8 Å². The lowest BCUT2D eigenvalue weighted by molar-refractivity contribution is -0.140. The molecule has 0 bridgehead atoms. The predicted molar refractivity (Wildman–Crippen MR) is 60.4 cm³/mol. The maximum atomic E-state index is 11.7. The summed E-state index contributed by atoms with van der Waals surface area (Å²) in [6.45, 7) is 0.958. The summed E-state index contributed by atoms with van der Waals surface area (Å²) in [6.07, 6.45) is 0.0862. The Bertz CT molecular complexity index is 375. The van der Waals surface area contributed by atoms with Crippen molar-refractivity contribution in [2.45, 2.75) is 12.5 Å². The average molecular weight is 270 g/mol. The molecule has 1 amide bonds. The van der Waals surface area contributed by atoms with Gasteiger partial charge >= 0.3 is 0 Å². The van der Waals surface area contributed by atoms with Crippen LogP contribution >= 0.6 is 15.9 Å². The van der Waals surface area contributed by atoms with Crippen LogP contribution in [0.3, 0.4) is 0 Å². The molecule has 3 nitrogen and oxygen atoms in total. The van der Waals surface area contributed by atoms with Crippen molar-refractivity contribution in [3.8, 4) is 0 Å². The number of likely N-dealkylation sites (tertiary alicyclic amines) is 1. The Hall–Kier alpha value is -0.870. The Morgan fingerprint density at radius 1 is 1.53 bits per heavy atom. The van der Waals surface area contributed by atoms with E-state index in [9.17, 15) is 4.79 Å². The van der Waals surface area contributed by atoms with E-state index in [1.807, 2.05) is 24.3 Å². The maximum Gasteiger partial charge on any atom is 0.227 e. The molecule has 15 heavy (non-hydrogen) atoms. The van der Waals surface area contributed by atoms with E-state index in [2.05, 4.69) is 15.9 Å². The normalized spacial score (nSPS) is 16.3. The van der Waals surface area contributed by atoms with Crippen molar-refractivity contribution < 1.29 is 9.90 Å². The van der Waals surface area contributed by atoms with Crippen LogP contribution in [0.15, 0.2) is 28.7 Å². The third-order valence-electron chi connectivity index (χ3n) is 2.46. The van der Waals surface area contributed by atoms with Gasteiger partial charge in [0.05, 0.1) is 12.5 Å². The fourth-order valence-electron chi connectivity index (χ4n) is 1.59. The minimum Gasteiger partial charge on any atom is -0.389 e. The van der Waals surface area contributed by atoms with Gasteiger partial charge in [-0.3, -0.25) is 4.79 Å². The molecule has 1 aromatic rings. The van der Waals surface area contributed by atoms with Crippen LogP contribution in [0.5, 0.6) is 0 Å². The van der Waals surface area contributed by atoms with Crippen LogP contribution in [0.1, 0.15) is 5.56 Å². The molecule has 1 fully saturated rings. The van der Waals surface area contributed by atoms with E-state index in [0.29, 0.717) is 19.5 Å². The highest BCUT2D eigenvalue weighted by Gasteiger charge is 2.28. The van der Waals surface area contributed by atoms with Gasteiger partial charge in [-0.25, -0.2) is 0 Å². The third kappa shape index (κ3) is 2.58.